The lowest BCUT2D eigenvalue weighted by Crippen LogP contribution is -2.31. The van der Waals surface area contributed by atoms with Crippen LogP contribution in [0.25, 0.3) is 33.2 Å². The summed E-state index contributed by atoms with van der Waals surface area (Å²) in [5.41, 5.74) is 2.63. The van der Waals surface area contributed by atoms with Crippen LogP contribution in [0.15, 0.2) is 75.9 Å². The van der Waals surface area contributed by atoms with Crippen LogP contribution in [0.3, 0.4) is 0 Å². The molecule has 0 saturated carbocycles. The number of piperidine rings is 1. The van der Waals surface area contributed by atoms with E-state index in [4.69, 9.17) is 13.9 Å². The smallest absolute Gasteiger partial charge is 0.344 e. The van der Waals surface area contributed by atoms with Crippen molar-refractivity contribution in [2.45, 2.75) is 25.7 Å². The molecule has 1 saturated heterocycles. The van der Waals surface area contributed by atoms with E-state index < -0.39 is 5.63 Å². The quantitative estimate of drug-likeness (QED) is 0.240. The third-order valence-electron chi connectivity index (χ3n) is 6.73. The number of benzene rings is 3. The van der Waals surface area contributed by atoms with Crippen molar-refractivity contribution in [3.8, 4) is 39.5 Å². The molecule has 0 atom stereocenters. The lowest BCUT2D eigenvalue weighted by atomic mass is 9.93. The van der Waals surface area contributed by atoms with Crippen molar-refractivity contribution in [1.29, 1.82) is 0 Å². The minimum Gasteiger partial charge on any atom is -0.508 e. The van der Waals surface area contributed by atoms with Gasteiger partial charge in [-0.2, -0.15) is 0 Å². The van der Waals surface area contributed by atoms with E-state index in [-0.39, 0.29) is 5.75 Å². The Hall–Kier alpha value is -3.77. The van der Waals surface area contributed by atoms with Gasteiger partial charge in [-0.25, -0.2) is 4.79 Å². The number of phenolic OH excluding ortho intramolecular Hbond substituents is 1. The average Bonchev–Trinajstić information content (AvgIpc) is 2.91. The molecule has 0 amide bonds. The van der Waals surface area contributed by atoms with E-state index in [0.29, 0.717) is 23.5 Å². The van der Waals surface area contributed by atoms with E-state index >= 15 is 0 Å². The third-order valence-corrected chi connectivity index (χ3v) is 6.73. The first kappa shape index (κ1) is 23.9. The molecule has 0 radical (unpaired) electrons. The van der Waals surface area contributed by atoms with Gasteiger partial charge in [0, 0.05) is 23.6 Å². The fourth-order valence-corrected chi connectivity index (χ4v) is 4.91. The Balaban J connectivity index is 1.49. The van der Waals surface area contributed by atoms with Gasteiger partial charge in [0.25, 0.3) is 0 Å². The first-order valence-electron chi connectivity index (χ1n) is 12.5. The van der Waals surface area contributed by atoms with Crippen LogP contribution in [0.4, 0.5) is 0 Å². The topological polar surface area (TPSA) is 72.1 Å². The van der Waals surface area contributed by atoms with Crippen molar-refractivity contribution in [2.24, 2.45) is 0 Å². The second-order valence-electron chi connectivity index (χ2n) is 9.18. The summed E-state index contributed by atoms with van der Waals surface area (Å²) in [6, 6.07) is 20.0. The highest BCUT2D eigenvalue weighted by Gasteiger charge is 2.19. The zero-order valence-electron chi connectivity index (χ0n) is 20.5. The van der Waals surface area contributed by atoms with Gasteiger partial charge in [-0.15, -0.1) is 0 Å². The van der Waals surface area contributed by atoms with Crippen LogP contribution >= 0.6 is 0 Å². The standard InChI is InChI=1S/C30H31NO5/c1-34-24-12-9-21(10-13-24)29-28(26-14-11-23(32)20-27(26)36-30(29)33)22-7-5-8-25(19-22)35-18-6-17-31-15-3-2-4-16-31/h5,7-14,19-20,32H,2-4,6,15-18H2,1H3. The van der Waals surface area contributed by atoms with Crippen molar-refractivity contribution in [3.05, 3.63) is 77.2 Å². The Bertz CT molecular complexity index is 1390. The molecule has 36 heavy (non-hydrogen) atoms. The zero-order chi connectivity index (χ0) is 24.9. The summed E-state index contributed by atoms with van der Waals surface area (Å²) >= 11 is 0. The lowest BCUT2D eigenvalue weighted by molar-refractivity contribution is 0.205. The highest BCUT2D eigenvalue weighted by molar-refractivity contribution is 6.01. The van der Waals surface area contributed by atoms with Gasteiger partial charge in [-0.1, -0.05) is 30.7 Å². The van der Waals surface area contributed by atoms with Gasteiger partial charge < -0.3 is 23.9 Å². The van der Waals surface area contributed by atoms with Crippen LogP contribution in [0.5, 0.6) is 17.2 Å². The Kier molecular flexibility index (Phi) is 7.23. The van der Waals surface area contributed by atoms with Crippen LogP contribution in [-0.2, 0) is 0 Å². The first-order chi connectivity index (χ1) is 17.6. The molecule has 1 aromatic heterocycles. The van der Waals surface area contributed by atoms with Crippen LogP contribution in [0.1, 0.15) is 25.7 Å². The van der Waals surface area contributed by atoms with E-state index in [1.165, 1.54) is 38.4 Å². The van der Waals surface area contributed by atoms with E-state index in [1.54, 1.807) is 19.2 Å². The Morgan fingerprint density at radius 1 is 0.889 bits per heavy atom. The third kappa shape index (κ3) is 5.24. The number of likely N-dealkylation sites (tertiary alicyclic amines) is 1. The molecule has 186 valence electrons. The number of ether oxygens (including phenoxy) is 2. The molecule has 6 heteroatoms. The number of phenols is 1. The molecule has 0 unspecified atom stereocenters. The summed E-state index contributed by atoms with van der Waals surface area (Å²) in [5, 5.41) is 10.7. The number of fused-ring (bicyclic) bond motifs is 1. The molecular formula is C30H31NO5. The SMILES string of the molecule is COc1ccc(-c2c(-c3cccc(OCCCN4CCCCC4)c3)c3ccc(O)cc3oc2=O)cc1. The second kappa shape index (κ2) is 10.9. The average molecular weight is 486 g/mol. The number of rotatable bonds is 8. The van der Waals surface area contributed by atoms with Gasteiger partial charge in [0.15, 0.2) is 0 Å². The molecule has 3 aromatic carbocycles. The van der Waals surface area contributed by atoms with E-state index in [9.17, 15) is 9.90 Å². The minimum atomic E-state index is -0.471. The van der Waals surface area contributed by atoms with Crippen LogP contribution in [-0.4, -0.2) is 43.4 Å². The van der Waals surface area contributed by atoms with Gasteiger partial charge in [0.2, 0.25) is 0 Å². The highest BCUT2D eigenvalue weighted by atomic mass is 16.5. The summed E-state index contributed by atoms with van der Waals surface area (Å²) in [7, 11) is 1.61. The van der Waals surface area contributed by atoms with Gasteiger partial charge >= 0.3 is 5.63 Å². The molecule has 0 spiro atoms. The molecule has 5 rings (SSSR count). The summed E-state index contributed by atoms with van der Waals surface area (Å²) in [6.45, 7) is 4.05. The van der Waals surface area contributed by atoms with Gasteiger partial charge in [-0.3, -0.25) is 0 Å². The summed E-state index contributed by atoms with van der Waals surface area (Å²) in [6.07, 6.45) is 4.88. The van der Waals surface area contributed by atoms with Gasteiger partial charge in [-0.05, 0) is 79.9 Å². The van der Waals surface area contributed by atoms with E-state index in [0.717, 1.165) is 40.8 Å². The van der Waals surface area contributed by atoms with E-state index in [2.05, 4.69) is 4.90 Å². The van der Waals surface area contributed by atoms with Gasteiger partial charge in [0.1, 0.15) is 22.8 Å². The molecule has 2 heterocycles. The van der Waals surface area contributed by atoms with Crippen molar-refractivity contribution in [3.63, 3.8) is 0 Å². The van der Waals surface area contributed by atoms with Crippen molar-refractivity contribution in [1.82, 2.24) is 4.90 Å². The first-order valence-corrected chi connectivity index (χ1v) is 12.5. The predicted octanol–water partition coefficient (Wildman–Crippen LogP) is 6.10. The lowest BCUT2D eigenvalue weighted by Gasteiger charge is -2.26. The maximum absolute atomic E-state index is 13.2. The molecule has 1 N–H and O–H groups in total. The number of aromatic hydroxyl groups is 1. The molecule has 4 aromatic rings. The molecule has 0 aliphatic carbocycles. The number of hydrogen-bond acceptors (Lipinski definition) is 6. The zero-order valence-corrected chi connectivity index (χ0v) is 20.5. The van der Waals surface area contributed by atoms with E-state index in [1.807, 2.05) is 48.5 Å². The molecular weight excluding hydrogens is 454 g/mol. The molecule has 6 nitrogen and oxygen atoms in total. The predicted molar refractivity (Wildman–Crippen MR) is 142 cm³/mol. The van der Waals surface area contributed by atoms with Crippen molar-refractivity contribution < 1.29 is 19.0 Å². The maximum Gasteiger partial charge on any atom is 0.344 e. The van der Waals surface area contributed by atoms with Crippen molar-refractivity contribution in [2.75, 3.05) is 33.4 Å². The highest BCUT2D eigenvalue weighted by Crippen LogP contribution is 2.38. The normalized spacial score (nSPS) is 14.1. The molecule has 1 aliphatic rings. The fraction of sp³-hybridized carbons (Fsp3) is 0.300. The fourth-order valence-electron chi connectivity index (χ4n) is 4.91. The van der Waals surface area contributed by atoms with Gasteiger partial charge in [0.05, 0.1) is 19.3 Å². The minimum absolute atomic E-state index is 0.0413. The van der Waals surface area contributed by atoms with Crippen LogP contribution < -0.4 is 15.1 Å². The van der Waals surface area contributed by atoms with Crippen LogP contribution in [0.2, 0.25) is 0 Å². The Morgan fingerprint density at radius 2 is 1.69 bits per heavy atom. The summed E-state index contributed by atoms with van der Waals surface area (Å²) in [4.78, 5) is 15.7. The monoisotopic (exact) mass is 485 g/mol. The summed E-state index contributed by atoms with van der Waals surface area (Å²) < 4.78 is 17.0. The molecule has 1 fully saturated rings. The number of hydrogen-bond donors (Lipinski definition) is 1. The Morgan fingerprint density at radius 3 is 2.47 bits per heavy atom. The summed E-state index contributed by atoms with van der Waals surface area (Å²) in [5.74, 6) is 1.50. The number of methoxy groups -OCH3 is 1. The maximum atomic E-state index is 13.2. The van der Waals surface area contributed by atoms with Crippen LogP contribution in [0, 0.1) is 0 Å². The second-order valence-corrected chi connectivity index (χ2v) is 9.18. The number of nitrogens with zero attached hydrogens (tertiary/aromatic N) is 1. The molecule has 0 bridgehead atoms. The Labute approximate surface area is 210 Å². The largest absolute Gasteiger partial charge is 0.508 e. The molecule has 1 aliphatic heterocycles. The van der Waals surface area contributed by atoms with Crippen molar-refractivity contribution >= 4 is 11.0 Å².